The number of rotatable bonds is 9. The summed E-state index contributed by atoms with van der Waals surface area (Å²) in [5, 5.41) is 2.57. The molecule has 1 N–H and O–H groups in total. The zero-order valence-electron chi connectivity index (χ0n) is 15.8. The fraction of sp³-hybridized carbons (Fsp3) is 0.706. The molecule has 0 aromatic heterocycles. The number of alkyl carbamates (subject to hydrolysis) is 1. The fourth-order valence-electron chi connectivity index (χ4n) is 1.75. The van der Waals surface area contributed by atoms with E-state index in [9.17, 15) is 14.4 Å². The quantitative estimate of drug-likeness (QED) is 0.376. The molecular weight excluding hydrogens is 346 g/mol. The Kier molecular flexibility index (Phi) is 9.62. The van der Waals surface area contributed by atoms with Gasteiger partial charge < -0.3 is 19.5 Å². The largest absolute Gasteiger partial charge is 0.469 e. The zero-order valence-corrected chi connectivity index (χ0v) is 16.7. The third-order valence-corrected chi connectivity index (χ3v) is 4.33. The van der Waals surface area contributed by atoms with Gasteiger partial charge >= 0.3 is 18.0 Å². The number of hydrogen-bond donors (Lipinski definition) is 1. The molecule has 0 aromatic rings. The van der Waals surface area contributed by atoms with Gasteiger partial charge in [-0.1, -0.05) is 12.7 Å². The van der Waals surface area contributed by atoms with Crippen molar-refractivity contribution in [2.45, 2.75) is 57.4 Å². The molecule has 144 valence electrons. The van der Waals surface area contributed by atoms with Gasteiger partial charge in [0.25, 0.3) is 0 Å². The van der Waals surface area contributed by atoms with Crippen LogP contribution in [0.15, 0.2) is 12.7 Å². The molecule has 0 aliphatic heterocycles. The molecule has 0 rings (SSSR count). The molecule has 1 atom stereocenters. The maximum absolute atomic E-state index is 12.4. The van der Waals surface area contributed by atoms with Crippen LogP contribution in [0.1, 0.15) is 41.0 Å². The van der Waals surface area contributed by atoms with Gasteiger partial charge in [0.15, 0.2) is 0 Å². The van der Waals surface area contributed by atoms with E-state index in [1.54, 1.807) is 34.6 Å². The Labute approximate surface area is 153 Å². The highest BCUT2D eigenvalue weighted by molar-refractivity contribution is 8.00. The van der Waals surface area contributed by atoms with E-state index in [1.165, 1.54) is 24.9 Å². The Morgan fingerprint density at radius 3 is 2.28 bits per heavy atom. The van der Waals surface area contributed by atoms with Crippen LogP contribution in [-0.4, -0.2) is 53.9 Å². The SMILES string of the molecule is C=CCOC(=O)[C@H](NC(=O)OC(C)(C)C)C(C)(C)SCCC(=O)OC. The molecule has 25 heavy (non-hydrogen) atoms. The van der Waals surface area contributed by atoms with E-state index in [1.807, 2.05) is 0 Å². The van der Waals surface area contributed by atoms with Crippen molar-refractivity contribution in [3.63, 3.8) is 0 Å². The molecule has 8 heteroatoms. The molecule has 0 saturated carbocycles. The van der Waals surface area contributed by atoms with Crippen molar-refractivity contribution in [3.8, 4) is 0 Å². The van der Waals surface area contributed by atoms with Crippen molar-refractivity contribution in [2.24, 2.45) is 0 Å². The maximum Gasteiger partial charge on any atom is 0.408 e. The molecule has 0 radical (unpaired) electrons. The molecule has 0 fully saturated rings. The summed E-state index contributed by atoms with van der Waals surface area (Å²) in [6.07, 6.45) is 0.931. The number of thioether (sulfide) groups is 1. The van der Waals surface area contributed by atoms with Crippen LogP contribution in [0.2, 0.25) is 0 Å². The van der Waals surface area contributed by atoms with Gasteiger partial charge in [0.05, 0.1) is 13.5 Å². The van der Waals surface area contributed by atoms with Crippen LogP contribution >= 0.6 is 11.8 Å². The first kappa shape index (κ1) is 23.3. The van der Waals surface area contributed by atoms with E-state index >= 15 is 0 Å². The summed E-state index contributed by atoms with van der Waals surface area (Å²) in [6.45, 7) is 12.3. The van der Waals surface area contributed by atoms with Crippen molar-refractivity contribution >= 4 is 29.8 Å². The lowest BCUT2D eigenvalue weighted by Crippen LogP contribution is -2.54. The smallest absolute Gasteiger partial charge is 0.408 e. The Morgan fingerprint density at radius 1 is 1.20 bits per heavy atom. The number of carbonyl (C=O) groups excluding carboxylic acids is 3. The number of carbonyl (C=O) groups is 3. The summed E-state index contributed by atoms with van der Waals surface area (Å²) in [4.78, 5) is 35.7. The minimum atomic E-state index is -0.954. The van der Waals surface area contributed by atoms with Crippen molar-refractivity contribution in [1.82, 2.24) is 5.32 Å². The van der Waals surface area contributed by atoms with Gasteiger partial charge in [-0.05, 0) is 34.6 Å². The van der Waals surface area contributed by atoms with Crippen LogP contribution in [0, 0.1) is 0 Å². The van der Waals surface area contributed by atoms with Crippen LogP contribution in [0.3, 0.4) is 0 Å². The second kappa shape index (κ2) is 10.3. The summed E-state index contributed by atoms with van der Waals surface area (Å²) in [5.74, 6) is -0.503. The van der Waals surface area contributed by atoms with E-state index < -0.39 is 28.5 Å². The van der Waals surface area contributed by atoms with Crippen LogP contribution < -0.4 is 5.32 Å². The maximum atomic E-state index is 12.4. The molecule has 0 bridgehead atoms. The highest BCUT2D eigenvalue weighted by atomic mass is 32.2. The highest BCUT2D eigenvalue weighted by Gasteiger charge is 2.39. The number of methoxy groups -OCH3 is 1. The number of amides is 1. The first-order valence-electron chi connectivity index (χ1n) is 7.90. The molecule has 7 nitrogen and oxygen atoms in total. The van der Waals surface area contributed by atoms with E-state index in [0.29, 0.717) is 5.75 Å². The topological polar surface area (TPSA) is 90.9 Å². The van der Waals surface area contributed by atoms with Crippen LogP contribution in [0.5, 0.6) is 0 Å². The summed E-state index contributed by atoms with van der Waals surface area (Å²) in [6, 6.07) is -0.954. The second-order valence-corrected chi connectivity index (χ2v) is 8.53. The Bertz CT molecular complexity index is 484. The second-order valence-electron chi connectivity index (χ2n) is 6.78. The standard InChI is InChI=1S/C17H29NO6S/c1-8-10-23-14(20)13(18-15(21)24-16(2,3)4)17(5,6)25-11-9-12(19)22-7/h8,13H,1,9-11H2,2-7H3,(H,18,21)/t13-/m0/s1. The Hall–Kier alpha value is -1.70. The van der Waals surface area contributed by atoms with Crippen molar-refractivity contribution < 1.29 is 28.6 Å². The molecule has 0 aliphatic carbocycles. The van der Waals surface area contributed by atoms with E-state index in [2.05, 4.69) is 16.6 Å². The van der Waals surface area contributed by atoms with Crippen molar-refractivity contribution in [3.05, 3.63) is 12.7 Å². The predicted octanol–water partition coefficient (Wildman–Crippen LogP) is 2.68. The van der Waals surface area contributed by atoms with Crippen molar-refractivity contribution in [1.29, 1.82) is 0 Å². The molecular formula is C17H29NO6S. The third-order valence-electron chi connectivity index (χ3n) is 2.94. The Morgan fingerprint density at radius 2 is 1.80 bits per heavy atom. The summed E-state index contributed by atoms with van der Waals surface area (Å²) < 4.78 is 14.2. The third kappa shape index (κ3) is 10.0. The molecule has 1 amide bonds. The summed E-state index contributed by atoms with van der Waals surface area (Å²) >= 11 is 1.35. The zero-order chi connectivity index (χ0) is 19.7. The average Bonchev–Trinajstić information content (AvgIpc) is 2.47. The molecule has 0 unspecified atom stereocenters. The lowest BCUT2D eigenvalue weighted by Gasteiger charge is -2.33. The lowest BCUT2D eigenvalue weighted by molar-refractivity contribution is -0.145. The van der Waals surface area contributed by atoms with E-state index in [4.69, 9.17) is 9.47 Å². The average molecular weight is 375 g/mol. The number of hydrogen-bond acceptors (Lipinski definition) is 7. The van der Waals surface area contributed by atoms with E-state index in [0.717, 1.165) is 0 Å². The molecule has 0 saturated heterocycles. The Balaban J connectivity index is 5.07. The number of esters is 2. The van der Waals surface area contributed by atoms with Gasteiger partial charge in [-0.2, -0.15) is 11.8 Å². The monoisotopic (exact) mass is 375 g/mol. The van der Waals surface area contributed by atoms with Crippen LogP contribution in [0.25, 0.3) is 0 Å². The van der Waals surface area contributed by atoms with Crippen LogP contribution in [0.4, 0.5) is 4.79 Å². The molecule has 0 spiro atoms. The summed E-state index contributed by atoms with van der Waals surface area (Å²) in [7, 11) is 1.32. The molecule has 0 aromatic carbocycles. The van der Waals surface area contributed by atoms with Crippen LogP contribution in [-0.2, 0) is 23.8 Å². The predicted molar refractivity (Wildman–Crippen MR) is 97.5 cm³/mol. The van der Waals surface area contributed by atoms with Gasteiger partial charge in [0.2, 0.25) is 0 Å². The van der Waals surface area contributed by atoms with Gasteiger partial charge in [0, 0.05) is 10.5 Å². The van der Waals surface area contributed by atoms with Gasteiger partial charge in [0.1, 0.15) is 18.2 Å². The van der Waals surface area contributed by atoms with Gasteiger partial charge in [-0.3, -0.25) is 4.79 Å². The normalized spacial score (nSPS) is 12.7. The minimum Gasteiger partial charge on any atom is -0.469 e. The highest BCUT2D eigenvalue weighted by Crippen LogP contribution is 2.30. The number of ether oxygens (including phenoxy) is 3. The van der Waals surface area contributed by atoms with Crippen molar-refractivity contribution in [2.75, 3.05) is 19.5 Å². The molecule has 0 heterocycles. The van der Waals surface area contributed by atoms with E-state index in [-0.39, 0.29) is 19.0 Å². The molecule has 0 aliphatic rings. The minimum absolute atomic E-state index is 0.0360. The lowest BCUT2D eigenvalue weighted by atomic mass is 10.0. The fourth-order valence-corrected chi connectivity index (χ4v) is 2.87. The first-order valence-corrected chi connectivity index (χ1v) is 8.89. The first-order chi connectivity index (χ1) is 11.4. The van der Waals surface area contributed by atoms with Gasteiger partial charge in [-0.25, -0.2) is 9.59 Å². The number of nitrogens with one attached hydrogen (secondary N) is 1. The van der Waals surface area contributed by atoms with Gasteiger partial charge in [-0.15, -0.1) is 0 Å². The summed E-state index contributed by atoms with van der Waals surface area (Å²) in [5.41, 5.74) is -0.693.